The maximum absolute atomic E-state index is 14.3. The number of phenols is 1. The number of aromatic hydroxyl groups is 1. The standard InChI is InChI=1S/C22H25F2N5OS/c1-3-6-21(2)10-16(11-22(23,24)13-21)31-19-12-26-20(28-27-19)17-5-4-15(9-18(17)30)29-8-7-25-14-29/h4-5,7-9,12,14,16,30H,3,6,10-11,13H2,1-2H3/t16-,21+/m1/s1. The molecule has 1 fully saturated rings. The van der Waals surface area contributed by atoms with Gasteiger partial charge < -0.3 is 9.67 Å². The molecule has 0 radical (unpaired) electrons. The Morgan fingerprint density at radius 1 is 1.26 bits per heavy atom. The fourth-order valence-electron chi connectivity index (χ4n) is 4.50. The summed E-state index contributed by atoms with van der Waals surface area (Å²) in [5, 5.41) is 19.0. The molecule has 9 heteroatoms. The number of hydrogen-bond acceptors (Lipinski definition) is 6. The van der Waals surface area contributed by atoms with Crippen molar-refractivity contribution >= 4 is 11.8 Å². The average Bonchev–Trinajstić information content (AvgIpc) is 3.22. The summed E-state index contributed by atoms with van der Waals surface area (Å²) in [7, 11) is 0. The van der Waals surface area contributed by atoms with E-state index in [4.69, 9.17) is 0 Å². The Kier molecular flexibility index (Phi) is 5.96. The summed E-state index contributed by atoms with van der Waals surface area (Å²) in [6, 6.07) is 5.13. The van der Waals surface area contributed by atoms with Crippen molar-refractivity contribution < 1.29 is 13.9 Å². The van der Waals surface area contributed by atoms with Crippen LogP contribution in [-0.4, -0.2) is 41.0 Å². The Balaban J connectivity index is 1.48. The van der Waals surface area contributed by atoms with Crippen LogP contribution in [0.5, 0.6) is 5.75 Å². The minimum atomic E-state index is -2.66. The zero-order chi connectivity index (χ0) is 22.1. The van der Waals surface area contributed by atoms with Gasteiger partial charge in [-0.15, -0.1) is 10.2 Å². The van der Waals surface area contributed by atoms with E-state index in [1.807, 2.05) is 19.9 Å². The van der Waals surface area contributed by atoms with Crippen LogP contribution in [0.25, 0.3) is 17.1 Å². The minimum absolute atomic E-state index is 0.0238. The van der Waals surface area contributed by atoms with Crippen LogP contribution >= 0.6 is 11.8 Å². The third-order valence-corrected chi connectivity index (χ3v) is 6.73. The summed E-state index contributed by atoms with van der Waals surface area (Å²) in [5.41, 5.74) is 0.845. The number of aromatic nitrogens is 5. The van der Waals surface area contributed by atoms with Crippen LogP contribution in [0.4, 0.5) is 8.78 Å². The highest BCUT2D eigenvalue weighted by Gasteiger charge is 2.47. The van der Waals surface area contributed by atoms with Crippen molar-refractivity contribution in [3.05, 3.63) is 43.1 Å². The third-order valence-electron chi connectivity index (χ3n) is 5.64. The SMILES string of the molecule is CCC[C@@]1(C)C[C@@H](Sc2cnc(-c3ccc(-n4ccnc4)cc3O)nn2)CC(F)(F)C1. The molecule has 1 saturated carbocycles. The summed E-state index contributed by atoms with van der Waals surface area (Å²) in [4.78, 5) is 8.31. The maximum Gasteiger partial charge on any atom is 0.249 e. The Hall–Kier alpha value is -2.55. The van der Waals surface area contributed by atoms with Crippen molar-refractivity contribution in [2.75, 3.05) is 0 Å². The molecule has 2 atom stereocenters. The minimum Gasteiger partial charge on any atom is -0.507 e. The number of imidazole rings is 1. The molecule has 0 spiro atoms. The van der Waals surface area contributed by atoms with Crippen molar-refractivity contribution in [1.82, 2.24) is 24.7 Å². The van der Waals surface area contributed by atoms with Crippen LogP contribution in [0.1, 0.15) is 46.0 Å². The molecule has 164 valence electrons. The van der Waals surface area contributed by atoms with Crippen LogP contribution in [0.15, 0.2) is 48.1 Å². The molecule has 0 saturated heterocycles. The van der Waals surface area contributed by atoms with Gasteiger partial charge in [0.2, 0.25) is 5.92 Å². The molecule has 0 unspecified atom stereocenters. The van der Waals surface area contributed by atoms with Gasteiger partial charge in [0.25, 0.3) is 0 Å². The molecule has 3 aromatic rings. The number of nitrogens with zero attached hydrogens (tertiary/aromatic N) is 5. The zero-order valence-corrected chi connectivity index (χ0v) is 18.3. The van der Waals surface area contributed by atoms with Gasteiger partial charge >= 0.3 is 0 Å². The fourth-order valence-corrected chi connectivity index (χ4v) is 5.85. The lowest BCUT2D eigenvalue weighted by atomic mass is 9.71. The summed E-state index contributed by atoms with van der Waals surface area (Å²) in [5.74, 6) is -2.36. The number of alkyl halides is 2. The van der Waals surface area contributed by atoms with E-state index in [1.54, 1.807) is 41.6 Å². The Morgan fingerprint density at radius 3 is 2.74 bits per heavy atom. The summed E-state index contributed by atoms with van der Waals surface area (Å²) < 4.78 is 30.5. The first-order valence-electron chi connectivity index (χ1n) is 10.3. The lowest BCUT2D eigenvalue weighted by molar-refractivity contribution is -0.0772. The predicted octanol–water partition coefficient (Wildman–Crippen LogP) is 5.52. The van der Waals surface area contributed by atoms with Crippen LogP contribution < -0.4 is 0 Å². The largest absolute Gasteiger partial charge is 0.507 e. The van der Waals surface area contributed by atoms with Gasteiger partial charge in [-0.05, 0) is 30.4 Å². The molecule has 6 nitrogen and oxygen atoms in total. The topological polar surface area (TPSA) is 76.7 Å². The van der Waals surface area contributed by atoms with Crippen LogP contribution in [0.2, 0.25) is 0 Å². The van der Waals surface area contributed by atoms with Crippen molar-refractivity contribution in [2.24, 2.45) is 5.41 Å². The van der Waals surface area contributed by atoms with Crippen molar-refractivity contribution in [3.8, 4) is 22.8 Å². The van der Waals surface area contributed by atoms with Crippen molar-refractivity contribution in [1.29, 1.82) is 0 Å². The van der Waals surface area contributed by atoms with Gasteiger partial charge in [-0.2, -0.15) is 0 Å². The summed E-state index contributed by atoms with van der Waals surface area (Å²) in [6.45, 7) is 3.99. The average molecular weight is 446 g/mol. The fraction of sp³-hybridized carbons (Fsp3) is 0.455. The highest BCUT2D eigenvalue weighted by Crippen LogP contribution is 2.51. The van der Waals surface area contributed by atoms with Crippen LogP contribution in [-0.2, 0) is 0 Å². The highest BCUT2D eigenvalue weighted by atomic mass is 32.2. The highest BCUT2D eigenvalue weighted by molar-refractivity contribution is 7.99. The molecule has 1 aliphatic rings. The molecular weight excluding hydrogens is 420 g/mol. The first-order valence-corrected chi connectivity index (χ1v) is 11.2. The summed E-state index contributed by atoms with van der Waals surface area (Å²) >= 11 is 1.31. The van der Waals surface area contributed by atoms with Gasteiger partial charge in [0.1, 0.15) is 10.8 Å². The van der Waals surface area contributed by atoms with E-state index in [2.05, 4.69) is 20.2 Å². The van der Waals surface area contributed by atoms with Crippen molar-refractivity contribution in [2.45, 2.75) is 62.2 Å². The van der Waals surface area contributed by atoms with E-state index in [1.165, 1.54) is 11.8 Å². The Bertz CT molecular complexity index is 1030. The zero-order valence-electron chi connectivity index (χ0n) is 17.5. The van der Waals surface area contributed by atoms with Gasteiger partial charge in [0.15, 0.2) is 5.82 Å². The molecule has 1 aromatic carbocycles. The second-order valence-corrected chi connectivity index (χ2v) is 9.85. The normalized spacial score (nSPS) is 23.0. The molecule has 4 rings (SSSR count). The van der Waals surface area contributed by atoms with Gasteiger partial charge in [-0.25, -0.2) is 18.7 Å². The molecule has 2 aromatic heterocycles. The Labute approximate surface area is 184 Å². The van der Waals surface area contributed by atoms with Gasteiger partial charge in [-0.1, -0.05) is 32.0 Å². The van der Waals surface area contributed by atoms with Crippen LogP contribution in [0.3, 0.4) is 0 Å². The first-order chi connectivity index (χ1) is 14.8. The van der Waals surface area contributed by atoms with E-state index >= 15 is 0 Å². The van der Waals surface area contributed by atoms with Gasteiger partial charge in [0.05, 0.1) is 23.8 Å². The molecule has 31 heavy (non-hydrogen) atoms. The van der Waals surface area contributed by atoms with E-state index < -0.39 is 5.92 Å². The smallest absolute Gasteiger partial charge is 0.249 e. The lowest BCUT2D eigenvalue weighted by Gasteiger charge is -2.41. The number of thioether (sulfide) groups is 1. The number of benzene rings is 1. The van der Waals surface area contributed by atoms with E-state index in [0.717, 1.165) is 24.9 Å². The van der Waals surface area contributed by atoms with E-state index in [9.17, 15) is 13.9 Å². The second-order valence-electron chi connectivity index (χ2n) is 8.53. The Morgan fingerprint density at radius 2 is 2.10 bits per heavy atom. The number of rotatable bonds is 6. The number of phenolic OH excluding ortho intramolecular Hbond substituents is 1. The number of halogens is 2. The van der Waals surface area contributed by atoms with E-state index in [0.29, 0.717) is 10.6 Å². The predicted molar refractivity (Wildman–Crippen MR) is 116 cm³/mol. The molecule has 2 heterocycles. The molecule has 0 bridgehead atoms. The van der Waals surface area contributed by atoms with Gasteiger partial charge in [-0.3, -0.25) is 0 Å². The van der Waals surface area contributed by atoms with Crippen LogP contribution in [0, 0.1) is 5.41 Å². The van der Waals surface area contributed by atoms with E-state index in [-0.39, 0.29) is 35.1 Å². The first kappa shape index (κ1) is 21.7. The molecule has 0 aliphatic heterocycles. The summed E-state index contributed by atoms with van der Waals surface area (Å²) in [6.07, 6.45) is 8.80. The molecular formula is C22H25F2N5OS. The quantitative estimate of drug-likeness (QED) is 0.539. The second kappa shape index (κ2) is 8.53. The number of hydrogen-bond donors (Lipinski definition) is 1. The molecule has 1 aliphatic carbocycles. The lowest BCUT2D eigenvalue weighted by Crippen LogP contribution is -2.39. The third kappa shape index (κ3) is 5.03. The molecule has 0 amide bonds. The maximum atomic E-state index is 14.3. The monoisotopic (exact) mass is 445 g/mol. The van der Waals surface area contributed by atoms with Gasteiger partial charge in [0, 0.05) is 36.6 Å². The molecule has 1 N–H and O–H groups in total. The van der Waals surface area contributed by atoms with Crippen molar-refractivity contribution in [3.63, 3.8) is 0 Å².